The van der Waals surface area contributed by atoms with Crippen molar-refractivity contribution in [3.63, 3.8) is 0 Å². The van der Waals surface area contributed by atoms with Crippen molar-refractivity contribution in [1.82, 2.24) is 4.98 Å². The molecule has 1 aromatic carbocycles. The van der Waals surface area contributed by atoms with E-state index in [1.165, 1.54) is 11.6 Å². The van der Waals surface area contributed by atoms with Crippen LogP contribution in [-0.4, -0.2) is 4.98 Å². The predicted octanol–water partition coefficient (Wildman–Crippen LogP) is 3.58. The van der Waals surface area contributed by atoms with Gasteiger partial charge in [-0.15, -0.1) is 0 Å². The Balaban J connectivity index is 2.20. The highest BCUT2D eigenvalue weighted by molar-refractivity contribution is 5.31. The van der Waals surface area contributed by atoms with Crippen LogP contribution in [0.1, 0.15) is 12.5 Å². The molecule has 2 rings (SSSR count). The molecule has 2 aromatic rings. The Hall–Kier alpha value is -1.90. The largest absolute Gasteiger partial charge is 0.439 e. The van der Waals surface area contributed by atoms with Crippen LogP contribution in [-0.2, 0) is 6.42 Å². The fraction of sp³-hybridized carbons (Fsp3) is 0.154. The molecular formula is C13H12FNO. The van der Waals surface area contributed by atoms with E-state index in [1.807, 2.05) is 24.3 Å². The molecule has 0 saturated carbocycles. The SMILES string of the molecule is CCc1cccc(Oc2cccc(F)n2)c1. The van der Waals surface area contributed by atoms with E-state index in [2.05, 4.69) is 11.9 Å². The Labute approximate surface area is 93.7 Å². The summed E-state index contributed by atoms with van der Waals surface area (Å²) in [4.78, 5) is 3.64. The van der Waals surface area contributed by atoms with Crippen LogP contribution in [0.4, 0.5) is 4.39 Å². The minimum atomic E-state index is -0.538. The van der Waals surface area contributed by atoms with Gasteiger partial charge in [-0.25, -0.2) is 0 Å². The van der Waals surface area contributed by atoms with Crippen LogP contribution in [0.5, 0.6) is 11.6 Å². The van der Waals surface area contributed by atoms with Crippen LogP contribution >= 0.6 is 0 Å². The van der Waals surface area contributed by atoms with Gasteiger partial charge >= 0.3 is 0 Å². The van der Waals surface area contributed by atoms with E-state index in [0.29, 0.717) is 5.75 Å². The third kappa shape index (κ3) is 2.57. The molecule has 0 unspecified atom stereocenters. The predicted molar refractivity (Wildman–Crippen MR) is 60.1 cm³/mol. The van der Waals surface area contributed by atoms with Crippen molar-refractivity contribution in [2.45, 2.75) is 13.3 Å². The molecule has 0 N–H and O–H groups in total. The first-order valence-electron chi connectivity index (χ1n) is 5.17. The van der Waals surface area contributed by atoms with Crippen molar-refractivity contribution in [3.05, 3.63) is 54.0 Å². The van der Waals surface area contributed by atoms with Gasteiger partial charge in [-0.2, -0.15) is 9.37 Å². The summed E-state index contributed by atoms with van der Waals surface area (Å²) < 4.78 is 18.3. The van der Waals surface area contributed by atoms with Crippen molar-refractivity contribution in [2.24, 2.45) is 0 Å². The molecule has 0 aliphatic carbocycles. The van der Waals surface area contributed by atoms with Crippen LogP contribution in [0.25, 0.3) is 0 Å². The molecule has 0 aliphatic rings. The molecule has 0 atom stereocenters. The summed E-state index contributed by atoms with van der Waals surface area (Å²) in [6, 6.07) is 12.2. The van der Waals surface area contributed by atoms with E-state index in [9.17, 15) is 4.39 Å². The van der Waals surface area contributed by atoms with E-state index < -0.39 is 5.95 Å². The highest BCUT2D eigenvalue weighted by Gasteiger charge is 2.00. The van der Waals surface area contributed by atoms with E-state index >= 15 is 0 Å². The zero-order valence-corrected chi connectivity index (χ0v) is 8.98. The highest BCUT2D eigenvalue weighted by atomic mass is 19.1. The van der Waals surface area contributed by atoms with Gasteiger partial charge in [0.05, 0.1) is 0 Å². The lowest BCUT2D eigenvalue weighted by Gasteiger charge is -2.05. The van der Waals surface area contributed by atoms with Crippen molar-refractivity contribution in [2.75, 3.05) is 0 Å². The number of aromatic nitrogens is 1. The molecule has 0 aliphatic heterocycles. The van der Waals surface area contributed by atoms with E-state index in [-0.39, 0.29) is 5.88 Å². The number of hydrogen-bond acceptors (Lipinski definition) is 2. The van der Waals surface area contributed by atoms with Gasteiger partial charge < -0.3 is 4.74 Å². The summed E-state index contributed by atoms with van der Waals surface area (Å²) in [6.45, 7) is 2.07. The van der Waals surface area contributed by atoms with Gasteiger partial charge in [-0.05, 0) is 30.2 Å². The summed E-state index contributed by atoms with van der Waals surface area (Å²) in [7, 11) is 0. The molecular weight excluding hydrogens is 205 g/mol. The average Bonchev–Trinajstić information content (AvgIpc) is 2.29. The van der Waals surface area contributed by atoms with Gasteiger partial charge in [0.2, 0.25) is 11.8 Å². The Bertz CT molecular complexity index is 485. The molecule has 0 radical (unpaired) electrons. The Morgan fingerprint density at radius 2 is 2.00 bits per heavy atom. The molecule has 0 spiro atoms. The summed E-state index contributed by atoms with van der Waals surface area (Å²) in [5.74, 6) is 0.412. The number of hydrogen-bond donors (Lipinski definition) is 0. The van der Waals surface area contributed by atoms with Crippen molar-refractivity contribution in [1.29, 1.82) is 0 Å². The monoisotopic (exact) mass is 217 g/mol. The second-order valence-electron chi connectivity index (χ2n) is 3.40. The zero-order chi connectivity index (χ0) is 11.4. The number of ether oxygens (including phenoxy) is 1. The molecule has 2 nitrogen and oxygen atoms in total. The number of nitrogens with zero attached hydrogens (tertiary/aromatic N) is 1. The fourth-order valence-electron chi connectivity index (χ4n) is 1.40. The second-order valence-corrected chi connectivity index (χ2v) is 3.40. The number of rotatable bonds is 3. The van der Waals surface area contributed by atoms with Gasteiger partial charge in [0.15, 0.2) is 0 Å². The molecule has 16 heavy (non-hydrogen) atoms. The minimum Gasteiger partial charge on any atom is -0.439 e. The lowest BCUT2D eigenvalue weighted by atomic mass is 10.2. The first-order chi connectivity index (χ1) is 7.78. The summed E-state index contributed by atoms with van der Waals surface area (Å²) in [6.07, 6.45) is 0.938. The Morgan fingerprint density at radius 3 is 2.75 bits per heavy atom. The van der Waals surface area contributed by atoms with E-state index in [4.69, 9.17) is 4.74 Å². The van der Waals surface area contributed by atoms with Crippen LogP contribution in [0, 0.1) is 5.95 Å². The summed E-state index contributed by atoms with van der Waals surface area (Å²) in [5, 5.41) is 0. The smallest absolute Gasteiger partial charge is 0.221 e. The van der Waals surface area contributed by atoms with Gasteiger partial charge in [0, 0.05) is 6.07 Å². The van der Waals surface area contributed by atoms with Gasteiger partial charge in [-0.1, -0.05) is 25.1 Å². The third-order valence-electron chi connectivity index (χ3n) is 2.22. The standard InChI is InChI=1S/C13H12FNO/c1-2-10-5-3-6-11(9-10)16-13-8-4-7-12(14)15-13/h3-9H,2H2,1H3. The maximum atomic E-state index is 12.8. The third-order valence-corrected chi connectivity index (χ3v) is 2.22. The lowest BCUT2D eigenvalue weighted by molar-refractivity contribution is 0.445. The minimum absolute atomic E-state index is 0.272. The van der Waals surface area contributed by atoms with Crippen LogP contribution in [0.3, 0.4) is 0 Å². The van der Waals surface area contributed by atoms with E-state index in [0.717, 1.165) is 6.42 Å². The van der Waals surface area contributed by atoms with Gasteiger partial charge in [0.25, 0.3) is 0 Å². The fourth-order valence-corrected chi connectivity index (χ4v) is 1.40. The first-order valence-corrected chi connectivity index (χ1v) is 5.17. The molecule has 0 amide bonds. The Morgan fingerprint density at radius 1 is 1.19 bits per heavy atom. The maximum absolute atomic E-state index is 12.8. The van der Waals surface area contributed by atoms with Crippen LogP contribution < -0.4 is 4.74 Å². The summed E-state index contributed by atoms with van der Waals surface area (Å²) >= 11 is 0. The van der Waals surface area contributed by atoms with Crippen LogP contribution in [0.15, 0.2) is 42.5 Å². The zero-order valence-electron chi connectivity index (χ0n) is 8.98. The normalized spacial score (nSPS) is 10.1. The molecule has 3 heteroatoms. The van der Waals surface area contributed by atoms with Crippen LogP contribution in [0.2, 0.25) is 0 Å². The summed E-state index contributed by atoms with van der Waals surface area (Å²) in [5.41, 5.74) is 1.17. The molecule has 0 saturated heterocycles. The highest BCUT2D eigenvalue weighted by Crippen LogP contribution is 2.20. The molecule has 82 valence electrons. The van der Waals surface area contributed by atoms with Crippen molar-refractivity contribution < 1.29 is 9.13 Å². The number of aryl methyl sites for hydroxylation is 1. The Kier molecular flexibility index (Phi) is 3.15. The topological polar surface area (TPSA) is 22.1 Å². The second kappa shape index (κ2) is 4.75. The maximum Gasteiger partial charge on any atom is 0.221 e. The molecule has 1 heterocycles. The van der Waals surface area contributed by atoms with Gasteiger partial charge in [-0.3, -0.25) is 0 Å². The average molecular weight is 217 g/mol. The van der Waals surface area contributed by atoms with Gasteiger partial charge in [0.1, 0.15) is 5.75 Å². The number of benzene rings is 1. The number of pyridine rings is 1. The quantitative estimate of drug-likeness (QED) is 0.733. The first kappa shape index (κ1) is 10.6. The number of halogens is 1. The molecule has 0 fully saturated rings. The van der Waals surface area contributed by atoms with E-state index in [1.54, 1.807) is 12.1 Å². The van der Waals surface area contributed by atoms with Crippen molar-refractivity contribution in [3.8, 4) is 11.6 Å². The lowest BCUT2D eigenvalue weighted by Crippen LogP contribution is -1.90. The molecule has 0 bridgehead atoms. The van der Waals surface area contributed by atoms with Crippen molar-refractivity contribution >= 4 is 0 Å². The molecule has 1 aromatic heterocycles.